The topological polar surface area (TPSA) is 20.2 Å². The van der Waals surface area contributed by atoms with Crippen molar-refractivity contribution in [3.8, 4) is 5.75 Å². The van der Waals surface area contributed by atoms with E-state index in [9.17, 15) is 5.11 Å². The van der Waals surface area contributed by atoms with E-state index in [2.05, 4.69) is 6.07 Å². The van der Waals surface area contributed by atoms with Gasteiger partial charge in [0.25, 0.3) is 0 Å². The molecule has 0 amide bonds. The summed E-state index contributed by atoms with van der Waals surface area (Å²) in [5.74, 6) is 0.378. The van der Waals surface area contributed by atoms with Gasteiger partial charge in [0.1, 0.15) is 5.75 Å². The van der Waals surface area contributed by atoms with Crippen LogP contribution in [0.2, 0.25) is 0 Å². The van der Waals surface area contributed by atoms with Gasteiger partial charge < -0.3 is 5.11 Å². The zero-order chi connectivity index (χ0) is 10.3. The van der Waals surface area contributed by atoms with Crippen LogP contribution in [0.3, 0.4) is 0 Å². The Hall–Kier alpha value is -1.02. The van der Waals surface area contributed by atoms with Crippen molar-refractivity contribution in [2.45, 2.75) is 0 Å². The number of aromatic hydroxyl groups is 1. The predicted octanol–water partition coefficient (Wildman–Crippen LogP) is 3.05. The Morgan fingerprint density at radius 3 is 1.62 bits per heavy atom. The molecule has 0 saturated carbocycles. The van der Waals surface area contributed by atoms with Gasteiger partial charge in [0.05, 0.1) is 0 Å². The van der Waals surface area contributed by atoms with Crippen LogP contribution < -0.4 is 0 Å². The number of benzene rings is 3. The first-order valence-corrected chi connectivity index (χ1v) is 4.96. The second kappa shape index (κ2) is 4.46. The fourth-order valence-corrected chi connectivity index (χ4v) is 1.99. The Kier molecular flexibility index (Phi) is 3.20. The molecule has 16 heavy (non-hydrogen) atoms. The third-order valence-corrected chi connectivity index (χ3v) is 2.74. The van der Waals surface area contributed by atoms with Crippen LogP contribution >= 0.6 is 0 Å². The van der Waals surface area contributed by atoms with Gasteiger partial charge in [-0.05, 0) is 16.8 Å². The molecule has 0 spiro atoms. The molecule has 0 bridgehead atoms. The molecule has 2 heteroatoms. The predicted molar refractivity (Wildman–Crippen MR) is 70.3 cm³/mol. The zero-order valence-electron chi connectivity index (χ0n) is 8.14. The fourth-order valence-electron chi connectivity index (χ4n) is 1.99. The van der Waals surface area contributed by atoms with Gasteiger partial charge in [0.15, 0.2) is 0 Å². The summed E-state index contributed by atoms with van der Waals surface area (Å²) in [6, 6.07) is 17.9. The number of phenols is 1. The van der Waals surface area contributed by atoms with Crippen molar-refractivity contribution in [1.29, 1.82) is 0 Å². The Bertz CT molecular complexity index is 592. The van der Waals surface area contributed by atoms with Crippen molar-refractivity contribution in [2.75, 3.05) is 0 Å². The van der Waals surface area contributed by atoms with Gasteiger partial charge in [-0.1, -0.05) is 48.5 Å². The molecular weight excluding hydrogens is 207 g/mol. The average Bonchev–Trinajstić information content (AvgIpc) is 2.30. The van der Waals surface area contributed by atoms with Gasteiger partial charge in [-0.2, -0.15) is 0 Å². The Labute approximate surface area is 116 Å². The van der Waals surface area contributed by atoms with Crippen molar-refractivity contribution in [3.63, 3.8) is 0 Å². The normalized spacial score (nSPS) is 10.2. The number of rotatable bonds is 0. The van der Waals surface area contributed by atoms with Crippen LogP contribution in [0.15, 0.2) is 54.6 Å². The molecule has 3 aromatic carbocycles. The molecule has 3 aromatic rings. The van der Waals surface area contributed by atoms with Crippen molar-refractivity contribution in [2.24, 2.45) is 0 Å². The van der Waals surface area contributed by atoms with Crippen LogP contribution in [0.1, 0.15) is 0 Å². The molecule has 0 heterocycles. The molecular formula is C14H11NaO. The van der Waals surface area contributed by atoms with Crippen molar-refractivity contribution >= 4 is 51.1 Å². The van der Waals surface area contributed by atoms with Crippen molar-refractivity contribution < 1.29 is 5.11 Å². The number of hydrogen-bond acceptors (Lipinski definition) is 1. The number of fused-ring (bicyclic) bond motifs is 2. The van der Waals surface area contributed by atoms with Gasteiger partial charge in [-0.25, -0.2) is 0 Å². The van der Waals surface area contributed by atoms with E-state index in [0.29, 0.717) is 5.75 Å². The Morgan fingerprint density at radius 1 is 0.688 bits per heavy atom. The summed E-state index contributed by atoms with van der Waals surface area (Å²) in [6.07, 6.45) is 0. The summed E-state index contributed by atoms with van der Waals surface area (Å²) < 4.78 is 0. The van der Waals surface area contributed by atoms with E-state index in [4.69, 9.17) is 0 Å². The second-order valence-electron chi connectivity index (χ2n) is 3.67. The van der Waals surface area contributed by atoms with Crippen molar-refractivity contribution in [1.82, 2.24) is 0 Å². The van der Waals surface area contributed by atoms with Gasteiger partial charge in [0, 0.05) is 10.8 Å². The van der Waals surface area contributed by atoms with Crippen LogP contribution in [0.4, 0.5) is 0 Å². The molecule has 0 aliphatic carbocycles. The van der Waals surface area contributed by atoms with Gasteiger partial charge >= 0.3 is 29.6 Å². The molecule has 74 valence electrons. The van der Waals surface area contributed by atoms with Crippen LogP contribution in [0.25, 0.3) is 21.5 Å². The number of hydrogen-bond donors (Lipinski definition) is 1. The van der Waals surface area contributed by atoms with Crippen LogP contribution in [0, 0.1) is 0 Å². The summed E-state index contributed by atoms with van der Waals surface area (Å²) in [5, 5.41) is 14.1. The number of phenolic OH excluding ortho intramolecular Hbond substituents is 1. The standard InChI is InChI=1S/C14H10O.Na.H/c15-14-12-7-3-1-5-10(12)9-11-6-2-4-8-13(11)14;;/h1-9,15H;;. The molecule has 0 unspecified atom stereocenters. The van der Waals surface area contributed by atoms with E-state index in [0.717, 1.165) is 21.5 Å². The summed E-state index contributed by atoms with van der Waals surface area (Å²) in [4.78, 5) is 0. The average molecular weight is 218 g/mol. The Morgan fingerprint density at radius 2 is 1.12 bits per heavy atom. The molecule has 0 radical (unpaired) electrons. The molecule has 0 atom stereocenters. The summed E-state index contributed by atoms with van der Waals surface area (Å²) in [5.41, 5.74) is 0. The molecule has 0 saturated heterocycles. The first-order valence-electron chi connectivity index (χ1n) is 4.96. The molecule has 1 nitrogen and oxygen atoms in total. The minimum atomic E-state index is 0. The molecule has 0 aliphatic heterocycles. The maximum atomic E-state index is 10.1. The van der Waals surface area contributed by atoms with E-state index < -0.39 is 0 Å². The first kappa shape index (κ1) is 11.5. The monoisotopic (exact) mass is 218 g/mol. The molecule has 3 rings (SSSR count). The SMILES string of the molecule is Oc1c2ccccc2cc2ccccc12.[NaH]. The summed E-state index contributed by atoms with van der Waals surface area (Å²) in [6.45, 7) is 0. The first-order chi connectivity index (χ1) is 7.36. The van der Waals surface area contributed by atoms with Gasteiger partial charge in [-0.3, -0.25) is 0 Å². The van der Waals surface area contributed by atoms with E-state index in [1.807, 2.05) is 48.5 Å². The van der Waals surface area contributed by atoms with Crippen LogP contribution in [-0.4, -0.2) is 34.7 Å². The molecule has 1 N–H and O–H groups in total. The summed E-state index contributed by atoms with van der Waals surface area (Å²) >= 11 is 0. The van der Waals surface area contributed by atoms with E-state index in [1.165, 1.54) is 0 Å². The third kappa shape index (κ3) is 1.71. The van der Waals surface area contributed by atoms with Crippen molar-refractivity contribution in [3.05, 3.63) is 54.6 Å². The van der Waals surface area contributed by atoms with Gasteiger partial charge in [0.2, 0.25) is 0 Å². The molecule has 0 fully saturated rings. The minimum absolute atomic E-state index is 0. The van der Waals surface area contributed by atoms with E-state index >= 15 is 0 Å². The fraction of sp³-hybridized carbons (Fsp3) is 0. The van der Waals surface area contributed by atoms with E-state index in [1.54, 1.807) is 0 Å². The van der Waals surface area contributed by atoms with Crippen LogP contribution in [-0.2, 0) is 0 Å². The summed E-state index contributed by atoms with van der Waals surface area (Å²) in [7, 11) is 0. The third-order valence-electron chi connectivity index (χ3n) is 2.74. The maximum absolute atomic E-state index is 10.1. The van der Waals surface area contributed by atoms with Crippen LogP contribution in [0.5, 0.6) is 5.75 Å². The molecule has 0 aromatic heterocycles. The quantitative estimate of drug-likeness (QED) is 0.454. The molecule has 0 aliphatic rings. The Balaban J connectivity index is 0.000000963. The van der Waals surface area contributed by atoms with E-state index in [-0.39, 0.29) is 29.6 Å². The van der Waals surface area contributed by atoms with Gasteiger partial charge in [-0.15, -0.1) is 0 Å². The second-order valence-corrected chi connectivity index (χ2v) is 3.67. The zero-order valence-corrected chi connectivity index (χ0v) is 8.14.